The molecule has 0 saturated heterocycles. The van der Waals surface area contributed by atoms with Gasteiger partial charge in [0.1, 0.15) is 17.2 Å². The third-order valence-corrected chi connectivity index (χ3v) is 3.98. The first-order valence-electron chi connectivity index (χ1n) is 7.97. The summed E-state index contributed by atoms with van der Waals surface area (Å²) in [6, 6.07) is 3.88. The summed E-state index contributed by atoms with van der Waals surface area (Å²) < 4.78 is 23.2. The van der Waals surface area contributed by atoms with Crippen molar-refractivity contribution in [3.8, 4) is 5.88 Å². The van der Waals surface area contributed by atoms with Crippen LogP contribution in [0.5, 0.6) is 5.88 Å². The number of benzene rings is 1. The molecule has 0 saturated carbocycles. The van der Waals surface area contributed by atoms with Crippen LogP contribution >= 0.6 is 11.6 Å². The monoisotopic (exact) mass is 408 g/mol. The van der Waals surface area contributed by atoms with Crippen molar-refractivity contribution in [2.24, 2.45) is 0 Å². The van der Waals surface area contributed by atoms with E-state index in [1.165, 1.54) is 12.1 Å². The Bertz CT molecular complexity index is 1090. The molecule has 0 aliphatic rings. The zero-order valence-electron chi connectivity index (χ0n) is 14.2. The Morgan fingerprint density at radius 2 is 2.11 bits per heavy atom. The predicted molar refractivity (Wildman–Crippen MR) is 101 cm³/mol. The van der Waals surface area contributed by atoms with E-state index in [-0.39, 0.29) is 40.4 Å². The molecule has 1 aromatic heterocycles. The molecule has 0 amide bonds. The Kier molecular flexibility index (Phi) is 5.54. The number of nitrogens with one attached hydrogen (secondary N) is 3. The van der Waals surface area contributed by atoms with Gasteiger partial charge in [0, 0.05) is 12.2 Å². The molecule has 0 unspecified atom stereocenters. The van der Waals surface area contributed by atoms with E-state index in [9.17, 15) is 14.0 Å². The fraction of sp³-hybridized carbons (Fsp3) is 0.188. The summed E-state index contributed by atoms with van der Waals surface area (Å²) in [5.74, 6) is -0.780. The van der Waals surface area contributed by atoms with Crippen LogP contribution in [0.25, 0.3) is 0 Å². The third-order valence-electron chi connectivity index (χ3n) is 3.69. The maximum atomic E-state index is 13.2. The second kappa shape index (κ2) is 8.05. The summed E-state index contributed by atoms with van der Waals surface area (Å²) in [5.41, 5.74) is 4.50. The SMILES string of the molecule is N=C(Nc1ccc(F)c(Cl)c1)c1nonc1OCCCNc1c(N)c(=O)c1=O. The highest BCUT2D eigenvalue weighted by Gasteiger charge is 2.18. The molecule has 0 aliphatic heterocycles. The van der Waals surface area contributed by atoms with Crippen molar-refractivity contribution in [3.05, 3.63) is 55.2 Å². The van der Waals surface area contributed by atoms with Crippen molar-refractivity contribution in [3.63, 3.8) is 0 Å². The van der Waals surface area contributed by atoms with Gasteiger partial charge in [0.15, 0.2) is 5.84 Å². The topological polar surface area (TPSA) is 156 Å². The van der Waals surface area contributed by atoms with Crippen LogP contribution in [0.3, 0.4) is 0 Å². The lowest BCUT2D eigenvalue weighted by atomic mass is 10.2. The minimum Gasteiger partial charge on any atom is -0.474 e. The first-order valence-corrected chi connectivity index (χ1v) is 8.35. The Morgan fingerprint density at radius 3 is 2.82 bits per heavy atom. The first-order chi connectivity index (χ1) is 13.4. The van der Waals surface area contributed by atoms with Gasteiger partial charge in [-0.3, -0.25) is 15.0 Å². The van der Waals surface area contributed by atoms with Crippen LogP contribution < -0.4 is 32.0 Å². The lowest BCUT2D eigenvalue weighted by Crippen LogP contribution is -2.37. The molecular weight excluding hydrogens is 395 g/mol. The van der Waals surface area contributed by atoms with E-state index in [0.717, 1.165) is 6.07 Å². The van der Waals surface area contributed by atoms with E-state index in [1.54, 1.807) is 0 Å². The van der Waals surface area contributed by atoms with Crippen molar-refractivity contribution in [2.75, 3.05) is 29.5 Å². The number of rotatable bonds is 8. The standard InChI is InChI=1S/C16H14ClFN6O4/c17-8-6-7(2-3-9(8)18)22-15(20)12-16(24-28-23-12)27-5-1-4-21-11-10(19)13(25)14(11)26/h2-3,6,21H,1,4-5,19H2,(H2,20,22). The van der Waals surface area contributed by atoms with Crippen LogP contribution in [0.4, 0.5) is 21.5 Å². The number of nitrogens with zero attached hydrogens (tertiary/aromatic N) is 2. The minimum absolute atomic E-state index is 0.0140. The molecule has 28 heavy (non-hydrogen) atoms. The van der Waals surface area contributed by atoms with Gasteiger partial charge in [-0.25, -0.2) is 9.02 Å². The Hall–Kier alpha value is -3.47. The van der Waals surface area contributed by atoms with Gasteiger partial charge in [0.2, 0.25) is 5.69 Å². The second-order valence-electron chi connectivity index (χ2n) is 5.62. The highest BCUT2D eigenvalue weighted by Crippen LogP contribution is 2.21. The van der Waals surface area contributed by atoms with Gasteiger partial charge in [-0.15, -0.1) is 0 Å². The second-order valence-corrected chi connectivity index (χ2v) is 6.03. The van der Waals surface area contributed by atoms with Crippen molar-refractivity contribution in [1.82, 2.24) is 10.3 Å². The smallest absolute Gasteiger partial charge is 0.287 e. The molecule has 2 aromatic carbocycles. The summed E-state index contributed by atoms with van der Waals surface area (Å²) in [5, 5.41) is 20.6. The molecule has 3 aromatic rings. The average molecular weight is 409 g/mol. The molecule has 5 N–H and O–H groups in total. The van der Waals surface area contributed by atoms with Crippen LogP contribution in [0.15, 0.2) is 32.4 Å². The van der Waals surface area contributed by atoms with Gasteiger partial charge in [-0.2, -0.15) is 0 Å². The Balaban J connectivity index is 1.50. The number of hydrogen-bond acceptors (Lipinski definition) is 9. The molecule has 0 atom stereocenters. The summed E-state index contributed by atoms with van der Waals surface area (Å²) in [6.07, 6.45) is 0.443. The lowest BCUT2D eigenvalue weighted by Gasteiger charge is -2.10. The number of nitrogens with two attached hydrogens (primary N) is 1. The Morgan fingerprint density at radius 1 is 1.32 bits per heavy atom. The number of halogens is 2. The number of anilines is 3. The normalized spacial score (nSPS) is 10.8. The summed E-state index contributed by atoms with van der Waals surface area (Å²) in [4.78, 5) is 22.3. The minimum atomic E-state index is -0.689. The molecule has 0 fully saturated rings. The van der Waals surface area contributed by atoms with Crippen molar-refractivity contribution in [2.45, 2.75) is 6.42 Å². The molecule has 3 rings (SSSR count). The zero-order valence-corrected chi connectivity index (χ0v) is 15.0. The fourth-order valence-electron chi connectivity index (χ4n) is 2.24. The summed E-state index contributed by atoms with van der Waals surface area (Å²) >= 11 is 5.70. The highest BCUT2D eigenvalue weighted by molar-refractivity contribution is 6.31. The van der Waals surface area contributed by atoms with Crippen molar-refractivity contribution >= 4 is 34.5 Å². The van der Waals surface area contributed by atoms with Crippen LogP contribution in [0, 0.1) is 11.2 Å². The molecule has 1 heterocycles. The van der Waals surface area contributed by atoms with E-state index < -0.39 is 16.7 Å². The number of amidine groups is 1. The van der Waals surface area contributed by atoms with Gasteiger partial charge in [0.25, 0.3) is 16.7 Å². The van der Waals surface area contributed by atoms with Crippen LogP contribution in [-0.4, -0.2) is 29.3 Å². The highest BCUT2D eigenvalue weighted by atomic mass is 35.5. The Labute approximate surface area is 161 Å². The van der Waals surface area contributed by atoms with Crippen molar-refractivity contribution in [1.29, 1.82) is 5.41 Å². The summed E-state index contributed by atoms with van der Waals surface area (Å²) in [6.45, 7) is 0.499. The van der Waals surface area contributed by atoms with E-state index in [2.05, 4.69) is 25.6 Å². The average Bonchev–Trinajstić information content (AvgIpc) is 3.15. The van der Waals surface area contributed by atoms with Crippen LogP contribution in [-0.2, 0) is 0 Å². The van der Waals surface area contributed by atoms with Gasteiger partial charge in [-0.05, 0) is 34.9 Å². The molecule has 10 nitrogen and oxygen atoms in total. The molecule has 12 heteroatoms. The van der Waals surface area contributed by atoms with Gasteiger partial charge in [0.05, 0.1) is 11.6 Å². The molecule has 0 aliphatic carbocycles. The molecule has 0 radical (unpaired) electrons. The molecule has 0 bridgehead atoms. The van der Waals surface area contributed by atoms with Gasteiger partial charge >= 0.3 is 0 Å². The maximum Gasteiger partial charge on any atom is 0.287 e. The first kappa shape index (κ1) is 19.3. The molecule has 146 valence electrons. The largest absolute Gasteiger partial charge is 0.474 e. The zero-order chi connectivity index (χ0) is 20.3. The van der Waals surface area contributed by atoms with Crippen LogP contribution in [0.1, 0.15) is 12.1 Å². The summed E-state index contributed by atoms with van der Waals surface area (Å²) in [7, 11) is 0. The van der Waals surface area contributed by atoms with E-state index in [4.69, 9.17) is 27.5 Å². The molecular formula is C16H14ClFN6O4. The van der Waals surface area contributed by atoms with E-state index >= 15 is 0 Å². The predicted octanol–water partition coefficient (Wildman–Crippen LogP) is 1.36. The van der Waals surface area contributed by atoms with Gasteiger partial charge in [-0.1, -0.05) is 11.6 Å². The maximum absolute atomic E-state index is 13.2. The number of ether oxygens (including phenoxy) is 1. The quantitative estimate of drug-likeness (QED) is 0.187. The van der Waals surface area contributed by atoms with E-state index in [0.29, 0.717) is 18.7 Å². The van der Waals surface area contributed by atoms with E-state index in [1.807, 2.05) is 0 Å². The number of hydrogen-bond donors (Lipinski definition) is 4. The van der Waals surface area contributed by atoms with Crippen molar-refractivity contribution < 1.29 is 13.8 Å². The lowest BCUT2D eigenvalue weighted by molar-refractivity contribution is 0.254. The number of aromatic nitrogens is 2. The molecule has 0 spiro atoms. The number of nitrogen functional groups attached to an aromatic ring is 1. The fourth-order valence-corrected chi connectivity index (χ4v) is 2.42. The van der Waals surface area contributed by atoms with Gasteiger partial charge < -0.3 is 21.1 Å². The van der Waals surface area contributed by atoms with Crippen LogP contribution in [0.2, 0.25) is 5.02 Å². The third kappa shape index (κ3) is 3.93.